The molecular weight excluding hydrogens is 544 g/mol. The SMILES string of the molecule is Cc1ncc(NC(=O)c2cc(C(=O)NCCN3CCCC3)cc(C(C)(C)C)c2)cc1-n1cc(C(=O)NCC(C)(C)C)nn1. The Hall–Kier alpha value is -4.12. The normalized spacial score (nSPS) is 14.0. The largest absolute Gasteiger partial charge is 0.351 e. The molecule has 230 valence electrons. The number of aryl methyl sites for hydroxylation is 1. The number of aromatic nitrogens is 4. The number of carbonyl (C=O) groups excluding carboxylic acids is 3. The number of nitrogens with one attached hydrogen (secondary N) is 3. The third-order valence-corrected chi connectivity index (χ3v) is 7.31. The molecule has 1 aliphatic rings. The Bertz CT molecular complexity index is 1480. The van der Waals surface area contributed by atoms with Crippen LogP contribution >= 0.6 is 0 Å². The van der Waals surface area contributed by atoms with Crippen LogP contribution in [0.2, 0.25) is 0 Å². The molecule has 1 aromatic carbocycles. The first-order valence-corrected chi connectivity index (χ1v) is 14.8. The molecule has 1 aliphatic heterocycles. The first-order valence-electron chi connectivity index (χ1n) is 14.8. The lowest BCUT2D eigenvalue weighted by Gasteiger charge is -2.21. The molecule has 43 heavy (non-hydrogen) atoms. The molecule has 3 heterocycles. The molecule has 3 N–H and O–H groups in total. The van der Waals surface area contributed by atoms with E-state index in [1.54, 1.807) is 18.3 Å². The summed E-state index contributed by atoms with van der Waals surface area (Å²) in [5.41, 5.74) is 3.20. The maximum atomic E-state index is 13.5. The zero-order valence-electron chi connectivity index (χ0n) is 26.4. The Kier molecular flexibility index (Phi) is 9.64. The van der Waals surface area contributed by atoms with Gasteiger partial charge in [0.2, 0.25) is 0 Å². The van der Waals surface area contributed by atoms with Gasteiger partial charge >= 0.3 is 0 Å². The maximum Gasteiger partial charge on any atom is 0.273 e. The van der Waals surface area contributed by atoms with E-state index in [4.69, 9.17) is 0 Å². The summed E-state index contributed by atoms with van der Waals surface area (Å²) in [6.07, 6.45) is 5.50. The number of benzene rings is 1. The second-order valence-electron chi connectivity index (χ2n) is 13.4. The van der Waals surface area contributed by atoms with Gasteiger partial charge in [0.25, 0.3) is 17.7 Å². The topological polar surface area (TPSA) is 134 Å². The monoisotopic (exact) mass is 588 g/mol. The van der Waals surface area contributed by atoms with E-state index in [0.717, 1.165) is 25.2 Å². The third-order valence-electron chi connectivity index (χ3n) is 7.31. The van der Waals surface area contributed by atoms with E-state index in [9.17, 15) is 14.4 Å². The van der Waals surface area contributed by atoms with Crippen molar-refractivity contribution in [2.75, 3.05) is 38.0 Å². The highest BCUT2D eigenvalue weighted by molar-refractivity contribution is 6.06. The molecule has 11 heteroatoms. The van der Waals surface area contributed by atoms with E-state index in [2.05, 4.69) is 36.1 Å². The van der Waals surface area contributed by atoms with Crippen molar-refractivity contribution in [3.05, 3.63) is 64.7 Å². The summed E-state index contributed by atoms with van der Waals surface area (Å²) in [7, 11) is 0. The number of anilines is 1. The average molecular weight is 589 g/mol. The van der Waals surface area contributed by atoms with Crippen LogP contribution in [0.1, 0.15) is 96.8 Å². The first-order chi connectivity index (χ1) is 20.2. The second kappa shape index (κ2) is 13.0. The van der Waals surface area contributed by atoms with Gasteiger partial charge in [-0.15, -0.1) is 5.10 Å². The average Bonchev–Trinajstić information content (AvgIpc) is 3.64. The van der Waals surface area contributed by atoms with E-state index in [-0.39, 0.29) is 34.2 Å². The molecule has 11 nitrogen and oxygen atoms in total. The Morgan fingerprint density at radius 3 is 2.21 bits per heavy atom. The molecule has 0 saturated carbocycles. The molecule has 0 unspecified atom stereocenters. The van der Waals surface area contributed by atoms with Crippen molar-refractivity contribution in [3.8, 4) is 5.69 Å². The maximum absolute atomic E-state index is 13.5. The second-order valence-corrected chi connectivity index (χ2v) is 13.4. The van der Waals surface area contributed by atoms with Crippen LogP contribution in [0.25, 0.3) is 5.69 Å². The number of amides is 3. The van der Waals surface area contributed by atoms with E-state index in [1.807, 2.05) is 60.6 Å². The predicted octanol–water partition coefficient (Wildman–Crippen LogP) is 4.12. The molecule has 0 atom stereocenters. The number of likely N-dealkylation sites (tertiary alicyclic amines) is 1. The van der Waals surface area contributed by atoms with Crippen LogP contribution < -0.4 is 16.0 Å². The summed E-state index contributed by atoms with van der Waals surface area (Å²) < 4.78 is 1.47. The summed E-state index contributed by atoms with van der Waals surface area (Å²) >= 11 is 0. The number of pyridine rings is 1. The van der Waals surface area contributed by atoms with Gasteiger partial charge in [0.05, 0.1) is 29.5 Å². The lowest BCUT2D eigenvalue weighted by atomic mass is 9.85. The number of nitrogens with zero attached hydrogens (tertiary/aromatic N) is 5. The summed E-state index contributed by atoms with van der Waals surface area (Å²) in [5.74, 6) is -0.882. The molecule has 2 aromatic heterocycles. The minimum atomic E-state index is -0.366. The molecule has 3 amide bonds. The molecule has 1 saturated heterocycles. The predicted molar refractivity (Wildman–Crippen MR) is 167 cm³/mol. The standard InChI is InChI=1S/C32H44N8O3/c1-21-27(40-19-26(37-38-40)30(43)35-20-31(2,3)4)17-25(18-34-21)36-29(42)23-14-22(15-24(16-23)32(5,6)7)28(41)33-10-13-39-11-8-9-12-39/h14-19H,8-13,20H2,1-7H3,(H,33,41)(H,35,43)(H,36,42). The molecule has 1 fully saturated rings. The summed E-state index contributed by atoms with van der Waals surface area (Å²) in [6.45, 7) is 18.1. The van der Waals surface area contributed by atoms with Crippen molar-refractivity contribution in [2.45, 2.75) is 66.7 Å². The summed E-state index contributed by atoms with van der Waals surface area (Å²) in [6, 6.07) is 7.02. The van der Waals surface area contributed by atoms with Crippen molar-refractivity contribution in [2.24, 2.45) is 5.41 Å². The zero-order chi connectivity index (χ0) is 31.4. The zero-order valence-corrected chi connectivity index (χ0v) is 26.4. The molecule has 4 rings (SSSR count). The molecule has 0 bridgehead atoms. The van der Waals surface area contributed by atoms with Gasteiger partial charge in [-0.2, -0.15) is 0 Å². The van der Waals surface area contributed by atoms with Gasteiger partial charge in [0.15, 0.2) is 5.69 Å². The highest BCUT2D eigenvalue weighted by atomic mass is 16.2. The van der Waals surface area contributed by atoms with Crippen molar-refractivity contribution in [1.82, 2.24) is 35.5 Å². The summed E-state index contributed by atoms with van der Waals surface area (Å²) in [4.78, 5) is 45.9. The fourth-order valence-electron chi connectivity index (χ4n) is 4.71. The quantitative estimate of drug-likeness (QED) is 0.342. The Balaban J connectivity index is 1.51. The number of carbonyl (C=O) groups is 3. The van der Waals surface area contributed by atoms with Gasteiger partial charge in [0.1, 0.15) is 0 Å². The Labute approximate surface area is 253 Å². The highest BCUT2D eigenvalue weighted by Gasteiger charge is 2.21. The van der Waals surface area contributed by atoms with E-state index >= 15 is 0 Å². The third kappa shape index (κ3) is 8.70. The van der Waals surface area contributed by atoms with Crippen molar-refractivity contribution in [1.29, 1.82) is 0 Å². The molecule has 0 radical (unpaired) electrons. The lowest BCUT2D eigenvalue weighted by molar-refractivity contribution is 0.0930. The number of rotatable bonds is 9. The van der Waals surface area contributed by atoms with Crippen LogP contribution in [0.15, 0.2) is 36.7 Å². The minimum Gasteiger partial charge on any atom is -0.351 e. The summed E-state index contributed by atoms with van der Waals surface area (Å²) in [5, 5.41) is 16.9. The van der Waals surface area contributed by atoms with Crippen LogP contribution in [0.5, 0.6) is 0 Å². The van der Waals surface area contributed by atoms with Crippen molar-refractivity contribution >= 4 is 23.4 Å². The van der Waals surface area contributed by atoms with Crippen LogP contribution in [0, 0.1) is 12.3 Å². The molecule has 3 aromatic rings. The van der Waals surface area contributed by atoms with Gasteiger partial charge in [-0.05, 0) is 73.5 Å². The van der Waals surface area contributed by atoms with Crippen molar-refractivity contribution < 1.29 is 14.4 Å². The number of hydrogen-bond donors (Lipinski definition) is 3. The molecule has 0 spiro atoms. The molecule has 0 aliphatic carbocycles. The van der Waals surface area contributed by atoms with E-state index < -0.39 is 0 Å². The lowest BCUT2D eigenvalue weighted by Crippen LogP contribution is -2.33. The first kappa shape index (κ1) is 31.8. The fraction of sp³-hybridized carbons (Fsp3) is 0.500. The molecular formula is C32H44N8O3. The van der Waals surface area contributed by atoms with Gasteiger partial charge < -0.3 is 20.9 Å². The van der Waals surface area contributed by atoms with Gasteiger partial charge in [-0.3, -0.25) is 19.4 Å². The van der Waals surface area contributed by atoms with Gasteiger partial charge in [-0.1, -0.05) is 46.8 Å². The van der Waals surface area contributed by atoms with Crippen LogP contribution in [0.3, 0.4) is 0 Å². The Morgan fingerprint density at radius 2 is 1.56 bits per heavy atom. The van der Waals surface area contributed by atoms with E-state index in [0.29, 0.717) is 41.3 Å². The van der Waals surface area contributed by atoms with Gasteiger partial charge in [0, 0.05) is 30.8 Å². The van der Waals surface area contributed by atoms with E-state index in [1.165, 1.54) is 23.7 Å². The van der Waals surface area contributed by atoms with Crippen LogP contribution in [-0.2, 0) is 5.41 Å². The fourth-order valence-corrected chi connectivity index (χ4v) is 4.71. The highest BCUT2D eigenvalue weighted by Crippen LogP contribution is 2.26. The Morgan fingerprint density at radius 1 is 0.884 bits per heavy atom. The van der Waals surface area contributed by atoms with Crippen LogP contribution in [-0.4, -0.2) is 75.3 Å². The number of hydrogen-bond acceptors (Lipinski definition) is 7. The smallest absolute Gasteiger partial charge is 0.273 e. The van der Waals surface area contributed by atoms with Crippen LogP contribution in [0.4, 0.5) is 5.69 Å². The van der Waals surface area contributed by atoms with Gasteiger partial charge in [-0.25, -0.2) is 4.68 Å². The minimum absolute atomic E-state index is 0.0665. The van der Waals surface area contributed by atoms with Crippen molar-refractivity contribution in [3.63, 3.8) is 0 Å².